The van der Waals surface area contributed by atoms with E-state index in [1.807, 2.05) is 13.0 Å². The molecule has 4 heteroatoms. The summed E-state index contributed by atoms with van der Waals surface area (Å²) in [6.45, 7) is 1.89. The van der Waals surface area contributed by atoms with E-state index in [4.69, 9.17) is 5.11 Å². The fourth-order valence-electron chi connectivity index (χ4n) is 1.52. The Morgan fingerprint density at radius 1 is 1.44 bits per heavy atom. The minimum atomic E-state index is -0.978. The standard InChI is InChI=1S/C12H15NO3/c1-8-4-3-5-9(6-8)10(12(15)16)7-11(14)13-2/h3-6,10H,7H2,1-2H3,(H,13,14)(H,15,16). The Kier molecular flexibility index (Phi) is 4.05. The number of benzene rings is 1. The van der Waals surface area contributed by atoms with Gasteiger partial charge in [-0.15, -0.1) is 0 Å². The van der Waals surface area contributed by atoms with Crippen molar-refractivity contribution < 1.29 is 14.7 Å². The van der Waals surface area contributed by atoms with Crippen LogP contribution in [0.15, 0.2) is 24.3 Å². The number of amides is 1. The van der Waals surface area contributed by atoms with Crippen LogP contribution >= 0.6 is 0 Å². The lowest BCUT2D eigenvalue weighted by atomic mass is 9.94. The first-order valence-corrected chi connectivity index (χ1v) is 5.04. The zero-order valence-corrected chi connectivity index (χ0v) is 9.36. The largest absolute Gasteiger partial charge is 0.481 e. The topological polar surface area (TPSA) is 66.4 Å². The first kappa shape index (κ1) is 12.2. The Morgan fingerprint density at radius 2 is 2.12 bits per heavy atom. The molecule has 1 aromatic rings. The minimum absolute atomic E-state index is 0.0325. The third-order valence-corrected chi connectivity index (χ3v) is 2.41. The van der Waals surface area contributed by atoms with Gasteiger partial charge in [0.05, 0.1) is 5.92 Å². The second-order valence-corrected chi connectivity index (χ2v) is 3.68. The van der Waals surface area contributed by atoms with Crippen LogP contribution in [-0.2, 0) is 9.59 Å². The molecule has 0 aliphatic carbocycles. The number of carboxylic acids is 1. The van der Waals surface area contributed by atoms with Gasteiger partial charge in [-0.2, -0.15) is 0 Å². The van der Waals surface area contributed by atoms with Gasteiger partial charge < -0.3 is 10.4 Å². The summed E-state index contributed by atoms with van der Waals surface area (Å²) in [5, 5.41) is 11.5. The van der Waals surface area contributed by atoms with Gasteiger partial charge in [-0.25, -0.2) is 0 Å². The van der Waals surface area contributed by atoms with E-state index in [0.29, 0.717) is 5.56 Å². The van der Waals surface area contributed by atoms with Gasteiger partial charge in [0.1, 0.15) is 0 Å². The Balaban J connectivity index is 2.94. The summed E-state index contributed by atoms with van der Waals surface area (Å²) in [4.78, 5) is 22.3. The highest BCUT2D eigenvalue weighted by molar-refractivity contribution is 5.85. The summed E-state index contributed by atoms with van der Waals surface area (Å²) in [6.07, 6.45) is -0.0325. The Morgan fingerprint density at radius 3 is 2.62 bits per heavy atom. The molecule has 1 atom stereocenters. The Bertz CT molecular complexity index is 401. The molecule has 0 saturated carbocycles. The molecule has 16 heavy (non-hydrogen) atoms. The van der Waals surface area contributed by atoms with Gasteiger partial charge in [-0.05, 0) is 12.5 Å². The molecular weight excluding hydrogens is 206 g/mol. The molecule has 0 spiro atoms. The second-order valence-electron chi connectivity index (χ2n) is 3.68. The molecule has 0 aromatic heterocycles. The lowest BCUT2D eigenvalue weighted by molar-refractivity contribution is -0.140. The maximum absolute atomic E-state index is 11.2. The number of carbonyl (C=O) groups is 2. The van der Waals surface area contributed by atoms with Crippen molar-refractivity contribution in [3.63, 3.8) is 0 Å². The molecule has 1 aromatic carbocycles. The van der Waals surface area contributed by atoms with Crippen LogP contribution in [0.2, 0.25) is 0 Å². The number of aryl methyl sites for hydroxylation is 1. The number of hydrogen-bond acceptors (Lipinski definition) is 2. The Hall–Kier alpha value is -1.84. The lowest BCUT2D eigenvalue weighted by Gasteiger charge is -2.12. The van der Waals surface area contributed by atoms with Crippen molar-refractivity contribution in [2.45, 2.75) is 19.3 Å². The molecule has 0 aliphatic rings. The maximum Gasteiger partial charge on any atom is 0.311 e. The van der Waals surface area contributed by atoms with Crippen molar-refractivity contribution in [2.75, 3.05) is 7.05 Å². The van der Waals surface area contributed by atoms with E-state index in [2.05, 4.69) is 5.32 Å². The molecule has 0 radical (unpaired) electrons. The van der Waals surface area contributed by atoms with Crippen LogP contribution in [0.25, 0.3) is 0 Å². The van der Waals surface area contributed by atoms with Gasteiger partial charge in [0.2, 0.25) is 5.91 Å². The van der Waals surface area contributed by atoms with E-state index >= 15 is 0 Å². The first-order chi connectivity index (χ1) is 7.54. The normalized spacial score (nSPS) is 11.9. The quantitative estimate of drug-likeness (QED) is 0.805. The Labute approximate surface area is 94.3 Å². The minimum Gasteiger partial charge on any atom is -0.481 e. The number of aliphatic carboxylic acids is 1. The third kappa shape index (κ3) is 3.08. The van der Waals surface area contributed by atoms with E-state index < -0.39 is 11.9 Å². The predicted molar refractivity (Wildman–Crippen MR) is 60.2 cm³/mol. The summed E-state index contributed by atoms with van der Waals surface area (Å²) in [6, 6.07) is 7.21. The summed E-state index contributed by atoms with van der Waals surface area (Å²) in [7, 11) is 1.50. The number of rotatable bonds is 4. The number of carboxylic acid groups (broad SMARTS) is 1. The molecular formula is C12H15NO3. The van der Waals surface area contributed by atoms with Crippen molar-refractivity contribution in [1.82, 2.24) is 5.32 Å². The van der Waals surface area contributed by atoms with Gasteiger partial charge in [-0.1, -0.05) is 29.8 Å². The summed E-state index contributed by atoms with van der Waals surface area (Å²) in [5.41, 5.74) is 1.65. The zero-order chi connectivity index (χ0) is 12.1. The zero-order valence-electron chi connectivity index (χ0n) is 9.36. The summed E-state index contributed by atoms with van der Waals surface area (Å²) in [5.74, 6) is -2.03. The average molecular weight is 221 g/mol. The van der Waals surface area contributed by atoms with Crippen molar-refractivity contribution >= 4 is 11.9 Å². The molecule has 0 saturated heterocycles. The second kappa shape index (κ2) is 5.30. The molecule has 4 nitrogen and oxygen atoms in total. The van der Waals surface area contributed by atoms with E-state index in [0.717, 1.165) is 5.56 Å². The molecule has 2 N–H and O–H groups in total. The van der Waals surface area contributed by atoms with Crippen molar-refractivity contribution in [3.05, 3.63) is 35.4 Å². The van der Waals surface area contributed by atoms with Crippen LogP contribution in [0.5, 0.6) is 0 Å². The first-order valence-electron chi connectivity index (χ1n) is 5.04. The van der Waals surface area contributed by atoms with Gasteiger partial charge in [0.25, 0.3) is 0 Å². The van der Waals surface area contributed by atoms with E-state index in [1.165, 1.54) is 7.05 Å². The van der Waals surface area contributed by atoms with Crippen molar-refractivity contribution in [3.8, 4) is 0 Å². The molecule has 0 heterocycles. The van der Waals surface area contributed by atoms with Crippen LogP contribution in [0.3, 0.4) is 0 Å². The highest BCUT2D eigenvalue weighted by Gasteiger charge is 2.22. The average Bonchev–Trinajstić information content (AvgIpc) is 2.25. The molecule has 0 aliphatic heterocycles. The van der Waals surface area contributed by atoms with Gasteiger partial charge >= 0.3 is 5.97 Å². The summed E-state index contributed by atoms with van der Waals surface area (Å²) < 4.78 is 0. The van der Waals surface area contributed by atoms with Crippen LogP contribution < -0.4 is 5.32 Å². The number of carbonyl (C=O) groups excluding carboxylic acids is 1. The fraction of sp³-hybridized carbons (Fsp3) is 0.333. The van der Waals surface area contributed by atoms with E-state index in [9.17, 15) is 9.59 Å². The predicted octanol–water partition coefficient (Wildman–Crippen LogP) is 1.30. The summed E-state index contributed by atoms with van der Waals surface area (Å²) >= 11 is 0. The number of nitrogens with one attached hydrogen (secondary N) is 1. The molecule has 0 bridgehead atoms. The molecule has 1 unspecified atom stereocenters. The van der Waals surface area contributed by atoms with Gasteiger partial charge in [0, 0.05) is 13.5 Å². The molecule has 1 amide bonds. The van der Waals surface area contributed by atoms with Crippen LogP contribution in [0, 0.1) is 6.92 Å². The van der Waals surface area contributed by atoms with Crippen molar-refractivity contribution in [2.24, 2.45) is 0 Å². The highest BCUT2D eigenvalue weighted by atomic mass is 16.4. The smallest absolute Gasteiger partial charge is 0.311 e. The van der Waals surface area contributed by atoms with E-state index in [1.54, 1.807) is 18.2 Å². The molecule has 86 valence electrons. The van der Waals surface area contributed by atoms with Crippen molar-refractivity contribution in [1.29, 1.82) is 0 Å². The van der Waals surface area contributed by atoms with Gasteiger partial charge in [0.15, 0.2) is 0 Å². The van der Waals surface area contributed by atoms with Crippen LogP contribution in [0.4, 0.5) is 0 Å². The molecule has 1 rings (SSSR count). The SMILES string of the molecule is CNC(=O)CC(C(=O)O)c1cccc(C)c1. The molecule has 0 fully saturated rings. The van der Waals surface area contributed by atoms with Crippen LogP contribution in [-0.4, -0.2) is 24.0 Å². The third-order valence-electron chi connectivity index (χ3n) is 2.41. The number of hydrogen-bond donors (Lipinski definition) is 2. The fourth-order valence-corrected chi connectivity index (χ4v) is 1.52. The highest BCUT2D eigenvalue weighted by Crippen LogP contribution is 2.20. The van der Waals surface area contributed by atoms with E-state index in [-0.39, 0.29) is 12.3 Å². The lowest BCUT2D eigenvalue weighted by Crippen LogP contribution is -2.24. The maximum atomic E-state index is 11.2. The van der Waals surface area contributed by atoms with Crippen LogP contribution in [0.1, 0.15) is 23.5 Å². The monoisotopic (exact) mass is 221 g/mol. The van der Waals surface area contributed by atoms with Gasteiger partial charge in [-0.3, -0.25) is 9.59 Å².